The average molecular weight is 244 g/mol. The summed E-state index contributed by atoms with van der Waals surface area (Å²) in [5.41, 5.74) is 7.90. The van der Waals surface area contributed by atoms with E-state index in [2.05, 4.69) is 29.4 Å². The van der Waals surface area contributed by atoms with Crippen LogP contribution in [0.5, 0.6) is 0 Å². The van der Waals surface area contributed by atoms with Crippen LogP contribution in [0.15, 0.2) is 30.5 Å². The number of H-pyrrole nitrogens is 1. The first kappa shape index (κ1) is 12.2. The smallest absolute Gasteiger partial charge is 0.261 e. The summed E-state index contributed by atoms with van der Waals surface area (Å²) in [5.74, 6) is 0.476. The third-order valence-corrected chi connectivity index (χ3v) is 2.75. The molecule has 1 aromatic heterocycles. The minimum atomic E-state index is -0.265. The highest BCUT2D eigenvalue weighted by atomic mass is 16.1. The molecule has 0 unspecified atom stereocenters. The van der Waals surface area contributed by atoms with Gasteiger partial charge in [0.15, 0.2) is 0 Å². The van der Waals surface area contributed by atoms with Crippen molar-refractivity contribution in [3.63, 3.8) is 0 Å². The zero-order valence-corrected chi connectivity index (χ0v) is 10.4. The molecule has 0 aliphatic heterocycles. The molecule has 0 saturated carbocycles. The van der Waals surface area contributed by atoms with Gasteiger partial charge in [0.1, 0.15) is 11.4 Å². The Labute approximate surface area is 105 Å². The molecule has 0 aliphatic rings. The van der Waals surface area contributed by atoms with Crippen LogP contribution in [-0.2, 0) is 0 Å². The van der Waals surface area contributed by atoms with Gasteiger partial charge in [-0.2, -0.15) is 5.10 Å². The molecule has 1 aromatic carbocycles. The second-order valence-electron chi connectivity index (χ2n) is 4.43. The van der Waals surface area contributed by atoms with Gasteiger partial charge in [-0.05, 0) is 23.6 Å². The highest BCUT2D eigenvalue weighted by Gasteiger charge is 2.11. The van der Waals surface area contributed by atoms with E-state index in [0.717, 1.165) is 5.69 Å². The normalized spacial score (nSPS) is 10.6. The van der Waals surface area contributed by atoms with Crippen molar-refractivity contribution < 1.29 is 4.79 Å². The summed E-state index contributed by atoms with van der Waals surface area (Å²) in [7, 11) is 0. The topological polar surface area (TPSA) is 83.8 Å². The van der Waals surface area contributed by atoms with Crippen molar-refractivity contribution in [3.8, 4) is 0 Å². The van der Waals surface area contributed by atoms with Gasteiger partial charge in [-0.25, -0.2) is 0 Å². The Morgan fingerprint density at radius 3 is 2.50 bits per heavy atom. The van der Waals surface area contributed by atoms with Gasteiger partial charge < -0.3 is 11.1 Å². The molecule has 1 heterocycles. The molecule has 0 bridgehead atoms. The molecule has 0 spiro atoms. The fourth-order valence-electron chi connectivity index (χ4n) is 1.63. The summed E-state index contributed by atoms with van der Waals surface area (Å²) >= 11 is 0. The van der Waals surface area contributed by atoms with Gasteiger partial charge in [-0.3, -0.25) is 9.89 Å². The lowest BCUT2D eigenvalue weighted by Crippen LogP contribution is -2.12. The molecular formula is C13H16N4O. The van der Waals surface area contributed by atoms with Crippen LogP contribution in [0.25, 0.3) is 0 Å². The molecule has 0 aliphatic carbocycles. The molecule has 5 heteroatoms. The summed E-state index contributed by atoms with van der Waals surface area (Å²) in [4.78, 5) is 11.9. The molecule has 0 radical (unpaired) electrons. The second-order valence-corrected chi connectivity index (χ2v) is 4.43. The van der Waals surface area contributed by atoms with Crippen molar-refractivity contribution in [1.29, 1.82) is 0 Å². The van der Waals surface area contributed by atoms with Gasteiger partial charge in [0.05, 0.1) is 6.20 Å². The number of carbonyl (C=O) groups excluding carboxylic acids is 1. The van der Waals surface area contributed by atoms with E-state index in [0.29, 0.717) is 11.5 Å². The number of amides is 1. The van der Waals surface area contributed by atoms with E-state index in [1.165, 1.54) is 11.8 Å². The Hall–Kier alpha value is -2.30. The van der Waals surface area contributed by atoms with Gasteiger partial charge in [-0.15, -0.1) is 0 Å². The average Bonchev–Trinajstić information content (AvgIpc) is 2.76. The minimum Gasteiger partial charge on any atom is -0.383 e. The third kappa shape index (κ3) is 2.51. The van der Waals surface area contributed by atoms with E-state index >= 15 is 0 Å². The van der Waals surface area contributed by atoms with Crippen LogP contribution in [0.4, 0.5) is 11.5 Å². The van der Waals surface area contributed by atoms with Crippen LogP contribution in [0.2, 0.25) is 0 Å². The Morgan fingerprint density at radius 1 is 1.33 bits per heavy atom. The van der Waals surface area contributed by atoms with Crippen molar-refractivity contribution in [2.24, 2.45) is 0 Å². The number of nitrogens with zero attached hydrogens (tertiary/aromatic N) is 1. The molecule has 4 N–H and O–H groups in total. The first-order valence-corrected chi connectivity index (χ1v) is 5.78. The van der Waals surface area contributed by atoms with E-state index in [9.17, 15) is 4.79 Å². The van der Waals surface area contributed by atoms with Crippen LogP contribution in [-0.4, -0.2) is 16.1 Å². The fourth-order valence-corrected chi connectivity index (χ4v) is 1.63. The lowest BCUT2D eigenvalue weighted by Gasteiger charge is -2.08. The highest BCUT2D eigenvalue weighted by Crippen LogP contribution is 2.18. The number of aromatic amines is 1. The van der Waals surface area contributed by atoms with Crippen LogP contribution in [0.3, 0.4) is 0 Å². The van der Waals surface area contributed by atoms with Crippen LogP contribution in [0.1, 0.15) is 35.7 Å². The van der Waals surface area contributed by atoms with Gasteiger partial charge in [0.2, 0.25) is 0 Å². The molecule has 5 nitrogen and oxygen atoms in total. The summed E-state index contributed by atoms with van der Waals surface area (Å²) in [6, 6.07) is 7.75. The zero-order valence-electron chi connectivity index (χ0n) is 10.4. The lowest BCUT2D eigenvalue weighted by atomic mass is 10.0. The summed E-state index contributed by atoms with van der Waals surface area (Å²) < 4.78 is 0. The maximum Gasteiger partial charge on any atom is 0.261 e. The minimum absolute atomic E-state index is 0.265. The molecular weight excluding hydrogens is 228 g/mol. The van der Waals surface area contributed by atoms with Crippen LogP contribution < -0.4 is 11.1 Å². The molecule has 2 aromatic rings. The van der Waals surface area contributed by atoms with E-state index < -0.39 is 0 Å². The zero-order chi connectivity index (χ0) is 13.1. The quantitative estimate of drug-likeness (QED) is 0.775. The van der Waals surface area contributed by atoms with Gasteiger partial charge >= 0.3 is 0 Å². The van der Waals surface area contributed by atoms with Crippen molar-refractivity contribution in [2.75, 3.05) is 11.1 Å². The number of nitrogens with two attached hydrogens (primary N) is 1. The number of hydrogen-bond acceptors (Lipinski definition) is 3. The monoisotopic (exact) mass is 244 g/mol. The highest BCUT2D eigenvalue weighted by molar-refractivity contribution is 6.07. The summed E-state index contributed by atoms with van der Waals surface area (Å²) in [5, 5.41) is 9.01. The predicted octanol–water partition coefficient (Wildman–Crippen LogP) is 2.37. The number of nitrogen functional groups attached to an aromatic ring is 1. The number of anilines is 2. The third-order valence-electron chi connectivity index (χ3n) is 2.75. The molecule has 2 rings (SSSR count). The number of hydrogen-bond donors (Lipinski definition) is 3. The van der Waals surface area contributed by atoms with E-state index in [1.807, 2.05) is 24.3 Å². The first-order chi connectivity index (χ1) is 8.58. The Kier molecular flexibility index (Phi) is 3.32. The molecule has 0 atom stereocenters. The van der Waals surface area contributed by atoms with Gasteiger partial charge in [-0.1, -0.05) is 26.0 Å². The van der Waals surface area contributed by atoms with Crippen molar-refractivity contribution in [3.05, 3.63) is 41.6 Å². The van der Waals surface area contributed by atoms with Crippen molar-refractivity contribution in [1.82, 2.24) is 10.2 Å². The molecule has 1 amide bonds. The number of nitrogens with one attached hydrogen (secondary N) is 2. The largest absolute Gasteiger partial charge is 0.383 e. The molecule has 18 heavy (non-hydrogen) atoms. The summed E-state index contributed by atoms with van der Waals surface area (Å²) in [6.45, 7) is 4.25. The lowest BCUT2D eigenvalue weighted by molar-refractivity contribution is 0.102. The van der Waals surface area contributed by atoms with E-state index in [4.69, 9.17) is 5.73 Å². The SMILES string of the molecule is CC(C)c1ccc(NC(=O)c2cn[nH]c2N)cc1. The molecule has 94 valence electrons. The van der Waals surface area contributed by atoms with Crippen molar-refractivity contribution in [2.45, 2.75) is 19.8 Å². The van der Waals surface area contributed by atoms with Crippen LogP contribution >= 0.6 is 0 Å². The number of aromatic nitrogens is 2. The van der Waals surface area contributed by atoms with Gasteiger partial charge in [0, 0.05) is 5.69 Å². The maximum atomic E-state index is 11.9. The fraction of sp³-hybridized carbons (Fsp3) is 0.231. The Balaban J connectivity index is 2.10. The molecule has 0 fully saturated rings. The van der Waals surface area contributed by atoms with E-state index in [-0.39, 0.29) is 11.7 Å². The Bertz CT molecular complexity index is 542. The summed E-state index contributed by atoms with van der Waals surface area (Å²) in [6.07, 6.45) is 1.41. The molecule has 0 saturated heterocycles. The number of rotatable bonds is 3. The van der Waals surface area contributed by atoms with Gasteiger partial charge in [0.25, 0.3) is 5.91 Å². The first-order valence-electron chi connectivity index (χ1n) is 5.78. The van der Waals surface area contributed by atoms with E-state index in [1.54, 1.807) is 0 Å². The van der Waals surface area contributed by atoms with Crippen LogP contribution in [0, 0.1) is 0 Å². The van der Waals surface area contributed by atoms with Crippen molar-refractivity contribution >= 4 is 17.4 Å². The number of benzene rings is 1. The standard InChI is InChI=1S/C13H16N4O/c1-8(2)9-3-5-10(6-4-9)16-13(18)11-7-15-17-12(11)14/h3-8H,1-2H3,(H,16,18)(H3,14,15,17). The Morgan fingerprint density at radius 2 is 2.00 bits per heavy atom. The second kappa shape index (κ2) is 4.91. The number of carbonyl (C=O) groups is 1. The predicted molar refractivity (Wildman–Crippen MR) is 71.5 cm³/mol. The maximum absolute atomic E-state index is 11.9.